The Labute approximate surface area is 179 Å². The van der Waals surface area contributed by atoms with Gasteiger partial charge in [-0.1, -0.05) is 25.1 Å². The number of carbonyl (C=O) groups excluding carboxylic acids is 1. The third-order valence-electron chi connectivity index (χ3n) is 5.05. The van der Waals surface area contributed by atoms with Crippen LogP contribution in [-0.2, 0) is 9.84 Å². The summed E-state index contributed by atoms with van der Waals surface area (Å²) in [6.07, 6.45) is 0. The summed E-state index contributed by atoms with van der Waals surface area (Å²) in [4.78, 5) is 17.4. The molecule has 7 nitrogen and oxygen atoms in total. The van der Waals surface area contributed by atoms with Crippen molar-refractivity contribution in [1.82, 2.24) is 9.55 Å². The summed E-state index contributed by atoms with van der Waals surface area (Å²) in [5, 5.41) is 12.7. The molecule has 0 aliphatic carbocycles. The van der Waals surface area contributed by atoms with Gasteiger partial charge in [-0.05, 0) is 55.5 Å². The van der Waals surface area contributed by atoms with E-state index in [0.29, 0.717) is 11.1 Å². The number of nitrogens with one attached hydrogen (secondary N) is 1. The number of rotatable bonds is 5. The lowest BCUT2D eigenvalue weighted by molar-refractivity contribution is 0.102. The Hall–Kier alpha value is -3.65. The van der Waals surface area contributed by atoms with Crippen molar-refractivity contribution in [3.05, 3.63) is 78.1 Å². The van der Waals surface area contributed by atoms with Gasteiger partial charge in [0.1, 0.15) is 11.6 Å². The number of sulfone groups is 1. The van der Waals surface area contributed by atoms with Crippen molar-refractivity contribution in [3.63, 3.8) is 0 Å². The number of carbonyl (C=O) groups is 1. The molecule has 0 radical (unpaired) electrons. The molecule has 0 saturated heterocycles. The highest BCUT2D eigenvalue weighted by Crippen LogP contribution is 2.28. The van der Waals surface area contributed by atoms with E-state index in [2.05, 4.69) is 10.3 Å². The Kier molecular flexibility index (Phi) is 5.24. The van der Waals surface area contributed by atoms with Crippen LogP contribution in [0.5, 0.6) is 5.75 Å². The van der Waals surface area contributed by atoms with Gasteiger partial charge in [0.25, 0.3) is 5.91 Å². The highest BCUT2D eigenvalue weighted by atomic mass is 32.2. The van der Waals surface area contributed by atoms with Gasteiger partial charge >= 0.3 is 0 Å². The number of para-hydroxylation sites is 1. The molecule has 0 aliphatic heterocycles. The van der Waals surface area contributed by atoms with Crippen molar-refractivity contribution < 1.29 is 18.3 Å². The SMILES string of the molecule is CCS(=O)(=O)c1ccc(O)c(NC(=O)c2ccc3c(c2)nc(C)n3-c2ccccc2)c1. The monoisotopic (exact) mass is 435 g/mol. The maximum Gasteiger partial charge on any atom is 0.255 e. The predicted octanol–water partition coefficient (Wildman–Crippen LogP) is 4.09. The number of aryl methyl sites for hydroxylation is 1. The normalized spacial score (nSPS) is 11.5. The second-order valence-corrected chi connectivity index (χ2v) is 9.35. The highest BCUT2D eigenvalue weighted by Gasteiger charge is 2.17. The lowest BCUT2D eigenvalue weighted by atomic mass is 10.1. The number of aromatic hydroxyl groups is 1. The van der Waals surface area contributed by atoms with E-state index in [-0.39, 0.29) is 22.1 Å². The molecule has 1 heterocycles. The molecule has 0 aliphatic rings. The third-order valence-corrected chi connectivity index (χ3v) is 6.79. The van der Waals surface area contributed by atoms with Gasteiger partial charge in [-0.15, -0.1) is 0 Å². The molecule has 1 amide bonds. The van der Waals surface area contributed by atoms with E-state index in [1.807, 2.05) is 47.9 Å². The van der Waals surface area contributed by atoms with Gasteiger partial charge < -0.3 is 10.4 Å². The fraction of sp³-hybridized carbons (Fsp3) is 0.130. The molecule has 8 heteroatoms. The van der Waals surface area contributed by atoms with Crippen LogP contribution < -0.4 is 5.32 Å². The second-order valence-electron chi connectivity index (χ2n) is 7.07. The van der Waals surface area contributed by atoms with Crippen LogP contribution in [0, 0.1) is 6.92 Å². The Bertz CT molecular complexity index is 1390. The maximum absolute atomic E-state index is 12.8. The van der Waals surface area contributed by atoms with Crippen molar-refractivity contribution in [2.24, 2.45) is 0 Å². The van der Waals surface area contributed by atoms with Crippen LogP contribution >= 0.6 is 0 Å². The van der Waals surface area contributed by atoms with Crippen molar-refractivity contribution >= 4 is 32.5 Å². The summed E-state index contributed by atoms with van der Waals surface area (Å²) >= 11 is 0. The first-order valence-corrected chi connectivity index (χ1v) is 11.4. The molecule has 0 unspecified atom stereocenters. The largest absolute Gasteiger partial charge is 0.506 e. The number of anilines is 1. The van der Waals surface area contributed by atoms with Crippen LogP contribution in [0.4, 0.5) is 5.69 Å². The van der Waals surface area contributed by atoms with E-state index in [9.17, 15) is 18.3 Å². The minimum Gasteiger partial charge on any atom is -0.506 e. The topological polar surface area (TPSA) is 101 Å². The quantitative estimate of drug-likeness (QED) is 0.460. The van der Waals surface area contributed by atoms with E-state index in [1.54, 1.807) is 12.1 Å². The average Bonchev–Trinajstić information content (AvgIpc) is 3.10. The molecular weight excluding hydrogens is 414 g/mol. The fourth-order valence-electron chi connectivity index (χ4n) is 3.41. The first-order chi connectivity index (χ1) is 14.8. The summed E-state index contributed by atoms with van der Waals surface area (Å²) in [5.74, 6) is 0.0170. The smallest absolute Gasteiger partial charge is 0.255 e. The molecule has 0 bridgehead atoms. The van der Waals surface area contributed by atoms with Gasteiger partial charge in [-0.2, -0.15) is 0 Å². The van der Waals surface area contributed by atoms with Crippen molar-refractivity contribution in [3.8, 4) is 11.4 Å². The minimum absolute atomic E-state index is 0.0330. The number of nitrogens with zero attached hydrogens (tertiary/aromatic N) is 2. The van der Waals surface area contributed by atoms with Crippen LogP contribution in [0.2, 0.25) is 0 Å². The molecular formula is C23H21N3O4S. The van der Waals surface area contributed by atoms with Crippen LogP contribution in [0.1, 0.15) is 23.1 Å². The number of fused-ring (bicyclic) bond motifs is 1. The zero-order valence-electron chi connectivity index (χ0n) is 17.0. The molecule has 1 aromatic heterocycles. The first kappa shape index (κ1) is 20.6. The molecule has 0 saturated carbocycles. The Balaban J connectivity index is 1.67. The number of amides is 1. The van der Waals surface area contributed by atoms with Gasteiger partial charge in [0.05, 0.1) is 27.4 Å². The summed E-state index contributed by atoms with van der Waals surface area (Å²) in [5.41, 5.74) is 2.86. The summed E-state index contributed by atoms with van der Waals surface area (Å²) in [6, 6.07) is 18.8. The number of benzene rings is 3. The van der Waals surface area contributed by atoms with Gasteiger partial charge in [0.2, 0.25) is 0 Å². The van der Waals surface area contributed by atoms with Crippen molar-refractivity contribution in [2.45, 2.75) is 18.7 Å². The summed E-state index contributed by atoms with van der Waals surface area (Å²) < 4.78 is 26.2. The Morgan fingerprint density at radius 1 is 1.06 bits per heavy atom. The fourth-order valence-corrected chi connectivity index (χ4v) is 4.32. The molecule has 0 spiro atoms. The lowest BCUT2D eigenvalue weighted by Crippen LogP contribution is -2.13. The lowest BCUT2D eigenvalue weighted by Gasteiger charge is -2.10. The third kappa shape index (κ3) is 3.89. The molecule has 0 atom stereocenters. The zero-order chi connectivity index (χ0) is 22.2. The van der Waals surface area contributed by atoms with Crippen LogP contribution in [0.3, 0.4) is 0 Å². The number of hydrogen-bond acceptors (Lipinski definition) is 5. The summed E-state index contributed by atoms with van der Waals surface area (Å²) in [6.45, 7) is 3.43. The molecule has 4 aromatic rings. The zero-order valence-corrected chi connectivity index (χ0v) is 17.8. The Morgan fingerprint density at radius 3 is 2.52 bits per heavy atom. The van der Waals surface area contributed by atoms with Gasteiger partial charge in [0, 0.05) is 11.3 Å². The van der Waals surface area contributed by atoms with E-state index in [4.69, 9.17) is 0 Å². The van der Waals surface area contributed by atoms with E-state index >= 15 is 0 Å². The molecule has 3 aromatic carbocycles. The first-order valence-electron chi connectivity index (χ1n) is 9.72. The molecule has 4 rings (SSSR count). The van der Waals surface area contributed by atoms with E-state index < -0.39 is 15.7 Å². The number of phenols is 1. The average molecular weight is 436 g/mol. The van der Waals surface area contributed by atoms with Crippen LogP contribution in [-0.4, -0.2) is 34.7 Å². The number of aromatic nitrogens is 2. The predicted molar refractivity (Wildman–Crippen MR) is 120 cm³/mol. The molecule has 158 valence electrons. The van der Waals surface area contributed by atoms with E-state index in [1.165, 1.54) is 25.1 Å². The molecule has 2 N–H and O–H groups in total. The van der Waals surface area contributed by atoms with Crippen LogP contribution in [0.25, 0.3) is 16.7 Å². The highest BCUT2D eigenvalue weighted by molar-refractivity contribution is 7.91. The maximum atomic E-state index is 12.8. The van der Waals surface area contributed by atoms with Gasteiger partial charge in [-0.3, -0.25) is 9.36 Å². The second kappa shape index (κ2) is 7.88. The number of hydrogen-bond donors (Lipinski definition) is 2. The van der Waals surface area contributed by atoms with Gasteiger partial charge in [0.15, 0.2) is 9.84 Å². The minimum atomic E-state index is -3.47. The number of phenolic OH excluding ortho intramolecular Hbond substituents is 1. The van der Waals surface area contributed by atoms with Crippen molar-refractivity contribution in [2.75, 3.05) is 11.1 Å². The molecule has 0 fully saturated rings. The Morgan fingerprint density at radius 2 is 1.81 bits per heavy atom. The standard InChI is InChI=1S/C23H21N3O4S/c1-3-31(29,30)18-10-12-22(27)20(14-18)25-23(28)16-9-11-21-19(13-16)24-15(2)26(21)17-7-5-4-6-8-17/h4-14,27H,3H2,1-2H3,(H,25,28). The number of imidazole rings is 1. The van der Waals surface area contributed by atoms with Crippen LogP contribution in [0.15, 0.2) is 71.6 Å². The van der Waals surface area contributed by atoms with E-state index in [0.717, 1.165) is 17.0 Å². The van der Waals surface area contributed by atoms with Crippen molar-refractivity contribution in [1.29, 1.82) is 0 Å². The molecule has 31 heavy (non-hydrogen) atoms. The summed E-state index contributed by atoms with van der Waals surface area (Å²) in [7, 11) is -3.47. The van der Waals surface area contributed by atoms with Gasteiger partial charge in [-0.25, -0.2) is 13.4 Å².